The lowest BCUT2D eigenvalue weighted by molar-refractivity contribution is -0.166. The molecular formula is C17H19F3N2O3. The zero-order valence-corrected chi connectivity index (χ0v) is 13.7. The van der Waals surface area contributed by atoms with E-state index >= 15 is 0 Å². The number of carbonyl (C=O) groups is 2. The van der Waals surface area contributed by atoms with Crippen LogP contribution in [0.4, 0.5) is 13.2 Å². The van der Waals surface area contributed by atoms with E-state index in [2.05, 4.69) is 10.9 Å². The van der Waals surface area contributed by atoms with Crippen LogP contribution in [0.2, 0.25) is 0 Å². The number of rotatable bonds is 5. The average Bonchev–Trinajstić information content (AvgIpc) is 2.83. The number of allylic oxidation sites excluding steroid dienone is 2. The number of hydrogen-bond donors (Lipinski definition) is 2. The summed E-state index contributed by atoms with van der Waals surface area (Å²) in [6.45, 7) is 0. The number of ether oxygens (including phenoxy) is 1. The van der Waals surface area contributed by atoms with Crippen LogP contribution < -0.4 is 15.6 Å². The van der Waals surface area contributed by atoms with Gasteiger partial charge in [0.2, 0.25) is 0 Å². The fraction of sp³-hybridized carbons (Fsp3) is 0.412. The highest BCUT2D eigenvalue weighted by atomic mass is 19.4. The fourth-order valence-corrected chi connectivity index (χ4v) is 2.59. The van der Waals surface area contributed by atoms with Gasteiger partial charge in [-0.3, -0.25) is 15.0 Å². The van der Waals surface area contributed by atoms with E-state index in [1.807, 2.05) is 0 Å². The first kappa shape index (κ1) is 18.8. The molecular weight excluding hydrogens is 337 g/mol. The van der Waals surface area contributed by atoms with Crippen LogP contribution in [0.25, 0.3) is 0 Å². The molecule has 0 unspecified atom stereocenters. The maximum Gasteiger partial charge on any atom is 0.454 e. The largest absolute Gasteiger partial charge is 0.497 e. The third-order valence-corrected chi connectivity index (χ3v) is 3.93. The van der Waals surface area contributed by atoms with Crippen molar-refractivity contribution in [1.82, 2.24) is 10.9 Å². The average molecular weight is 356 g/mol. The first-order valence-electron chi connectivity index (χ1n) is 7.87. The first-order chi connectivity index (χ1) is 11.8. The van der Waals surface area contributed by atoms with E-state index in [4.69, 9.17) is 4.74 Å². The Morgan fingerprint density at radius 2 is 1.68 bits per heavy atom. The molecule has 0 fully saturated rings. The lowest BCUT2D eigenvalue weighted by Crippen LogP contribution is -2.38. The van der Waals surface area contributed by atoms with E-state index in [-0.39, 0.29) is 24.1 Å². The molecule has 1 aliphatic rings. The van der Waals surface area contributed by atoms with Gasteiger partial charge in [0, 0.05) is 16.8 Å². The molecule has 1 amide bonds. The second-order valence-electron chi connectivity index (χ2n) is 5.65. The molecule has 1 aromatic rings. The molecule has 8 heteroatoms. The number of amides is 1. The molecule has 136 valence electrons. The first-order valence-corrected chi connectivity index (χ1v) is 7.87. The summed E-state index contributed by atoms with van der Waals surface area (Å²) in [5.74, 6) is -1.79. The van der Waals surface area contributed by atoms with Crippen molar-refractivity contribution in [3.8, 4) is 5.75 Å². The second kappa shape index (κ2) is 8.04. The molecule has 0 atom stereocenters. The van der Waals surface area contributed by atoms with E-state index in [9.17, 15) is 22.8 Å². The Balaban J connectivity index is 2.12. The Morgan fingerprint density at radius 3 is 2.28 bits per heavy atom. The third-order valence-electron chi connectivity index (χ3n) is 3.93. The Morgan fingerprint density at radius 1 is 1.04 bits per heavy atom. The SMILES string of the molecule is COc1ccc(C(=O)NNC2=C(C(=O)C(F)(F)F)CCCCC2)cc1. The molecule has 0 radical (unpaired) electrons. The maximum atomic E-state index is 12.8. The topological polar surface area (TPSA) is 67.4 Å². The molecule has 0 aliphatic heterocycles. The van der Waals surface area contributed by atoms with Gasteiger partial charge in [-0.1, -0.05) is 6.42 Å². The molecule has 0 heterocycles. The summed E-state index contributed by atoms with van der Waals surface area (Å²) in [5.41, 5.74) is 5.01. The number of hydrazine groups is 1. The predicted molar refractivity (Wildman–Crippen MR) is 84.8 cm³/mol. The molecule has 1 aliphatic carbocycles. The summed E-state index contributed by atoms with van der Waals surface area (Å²) >= 11 is 0. The number of halogens is 3. The number of Topliss-reactive ketones (excluding diaryl/α,β-unsaturated/α-hetero) is 1. The number of ketones is 1. The van der Waals surface area contributed by atoms with Gasteiger partial charge in [-0.15, -0.1) is 0 Å². The van der Waals surface area contributed by atoms with Gasteiger partial charge >= 0.3 is 6.18 Å². The quantitative estimate of drug-likeness (QED) is 0.795. The molecule has 5 nitrogen and oxygen atoms in total. The molecule has 0 saturated heterocycles. The van der Waals surface area contributed by atoms with Crippen LogP contribution >= 0.6 is 0 Å². The fourth-order valence-electron chi connectivity index (χ4n) is 2.59. The van der Waals surface area contributed by atoms with Gasteiger partial charge in [-0.05, 0) is 49.9 Å². The Labute approximate surface area is 143 Å². The van der Waals surface area contributed by atoms with Crippen LogP contribution in [0.1, 0.15) is 42.5 Å². The van der Waals surface area contributed by atoms with Gasteiger partial charge in [0.15, 0.2) is 0 Å². The summed E-state index contributed by atoms with van der Waals surface area (Å²) in [7, 11) is 1.49. The molecule has 0 saturated carbocycles. The van der Waals surface area contributed by atoms with Crippen molar-refractivity contribution in [3.63, 3.8) is 0 Å². The Hall–Kier alpha value is -2.51. The van der Waals surface area contributed by atoms with Crippen molar-refractivity contribution < 1.29 is 27.5 Å². The van der Waals surface area contributed by atoms with Crippen molar-refractivity contribution in [2.24, 2.45) is 0 Å². The van der Waals surface area contributed by atoms with Gasteiger partial charge in [-0.2, -0.15) is 13.2 Å². The molecule has 2 rings (SSSR count). The van der Waals surface area contributed by atoms with E-state index < -0.39 is 17.9 Å². The lowest BCUT2D eigenvalue weighted by Gasteiger charge is -2.16. The van der Waals surface area contributed by atoms with Crippen molar-refractivity contribution >= 4 is 11.7 Å². The number of hydrogen-bond acceptors (Lipinski definition) is 4. The van der Waals surface area contributed by atoms with E-state index in [0.717, 1.165) is 6.42 Å². The molecule has 25 heavy (non-hydrogen) atoms. The van der Waals surface area contributed by atoms with Gasteiger partial charge in [-0.25, -0.2) is 0 Å². The van der Waals surface area contributed by atoms with Crippen LogP contribution in [-0.4, -0.2) is 25.0 Å². The summed E-state index contributed by atoms with van der Waals surface area (Å²) in [4.78, 5) is 23.7. The number of carbonyl (C=O) groups excluding carboxylic acids is 2. The lowest BCUT2D eigenvalue weighted by atomic mass is 10.0. The highest BCUT2D eigenvalue weighted by Crippen LogP contribution is 2.29. The maximum absolute atomic E-state index is 12.8. The predicted octanol–water partition coefficient (Wildman–Crippen LogP) is 3.28. The molecule has 2 N–H and O–H groups in total. The minimum absolute atomic E-state index is 0.0408. The monoisotopic (exact) mass is 356 g/mol. The normalized spacial score (nSPS) is 15.4. The van der Waals surface area contributed by atoms with Crippen molar-refractivity contribution in [2.75, 3.05) is 7.11 Å². The van der Waals surface area contributed by atoms with Crippen LogP contribution in [0.3, 0.4) is 0 Å². The van der Waals surface area contributed by atoms with Gasteiger partial charge < -0.3 is 10.2 Å². The highest BCUT2D eigenvalue weighted by molar-refractivity contribution is 6.00. The molecule has 0 bridgehead atoms. The third kappa shape index (κ3) is 4.98. The highest BCUT2D eigenvalue weighted by Gasteiger charge is 2.41. The minimum atomic E-state index is -4.92. The van der Waals surface area contributed by atoms with Gasteiger partial charge in [0.25, 0.3) is 11.7 Å². The van der Waals surface area contributed by atoms with Crippen LogP contribution in [0.5, 0.6) is 5.75 Å². The van der Waals surface area contributed by atoms with Gasteiger partial charge in [0.05, 0.1) is 7.11 Å². The number of nitrogens with one attached hydrogen (secondary N) is 2. The minimum Gasteiger partial charge on any atom is -0.497 e. The molecule has 0 aromatic heterocycles. The van der Waals surface area contributed by atoms with Crippen LogP contribution in [-0.2, 0) is 4.79 Å². The van der Waals surface area contributed by atoms with Crippen molar-refractivity contribution in [1.29, 1.82) is 0 Å². The zero-order valence-electron chi connectivity index (χ0n) is 13.7. The number of methoxy groups -OCH3 is 1. The second-order valence-corrected chi connectivity index (χ2v) is 5.65. The number of benzene rings is 1. The van der Waals surface area contributed by atoms with Crippen LogP contribution in [0, 0.1) is 0 Å². The van der Waals surface area contributed by atoms with Crippen molar-refractivity contribution in [2.45, 2.75) is 38.3 Å². The Kier molecular flexibility index (Phi) is 6.06. The van der Waals surface area contributed by atoms with E-state index in [0.29, 0.717) is 24.2 Å². The van der Waals surface area contributed by atoms with E-state index in [1.165, 1.54) is 19.2 Å². The summed E-state index contributed by atoms with van der Waals surface area (Å²) in [6.07, 6.45) is -2.72. The molecule has 1 aromatic carbocycles. The Bertz CT molecular complexity index is 667. The van der Waals surface area contributed by atoms with E-state index in [1.54, 1.807) is 12.1 Å². The number of alkyl halides is 3. The summed E-state index contributed by atoms with van der Waals surface area (Å²) < 4.78 is 43.3. The van der Waals surface area contributed by atoms with Crippen LogP contribution in [0.15, 0.2) is 35.5 Å². The summed E-state index contributed by atoms with van der Waals surface area (Å²) in [5, 5.41) is 0. The zero-order chi connectivity index (χ0) is 18.4. The van der Waals surface area contributed by atoms with Crippen molar-refractivity contribution in [3.05, 3.63) is 41.1 Å². The summed E-state index contributed by atoms with van der Waals surface area (Å²) in [6, 6.07) is 6.25. The smallest absolute Gasteiger partial charge is 0.454 e. The standard InChI is InChI=1S/C17H19F3N2O3/c1-25-12-9-7-11(8-10-12)16(24)22-21-14-6-4-2-3-5-13(14)15(23)17(18,19)20/h7-10,21H,2-6H2,1H3,(H,22,24). The molecule has 0 spiro atoms. The van der Waals surface area contributed by atoms with Gasteiger partial charge in [0.1, 0.15) is 5.75 Å².